The summed E-state index contributed by atoms with van der Waals surface area (Å²) < 4.78 is 5.64. The first kappa shape index (κ1) is 14.0. The molecule has 0 aromatic heterocycles. The number of hydrogen-bond donors (Lipinski definition) is 1. The molecule has 19 heavy (non-hydrogen) atoms. The molecule has 0 fully saturated rings. The summed E-state index contributed by atoms with van der Waals surface area (Å²) in [5.74, 6) is 0.885. The van der Waals surface area contributed by atoms with Crippen molar-refractivity contribution in [3.8, 4) is 5.75 Å². The second kappa shape index (κ2) is 6.69. The zero-order valence-corrected chi connectivity index (χ0v) is 12.1. The molecule has 0 bridgehead atoms. The molecule has 100 valence electrons. The quantitative estimate of drug-likeness (QED) is 0.801. The molecular formula is C15H15Cl2NO. The predicted molar refractivity (Wildman–Crippen MR) is 81.6 cm³/mol. The minimum atomic E-state index is 0.547. The van der Waals surface area contributed by atoms with Gasteiger partial charge in [-0.15, -0.1) is 0 Å². The number of halogens is 2. The van der Waals surface area contributed by atoms with E-state index < -0.39 is 0 Å². The second-order valence-electron chi connectivity index (χ2n) is 4.22. The van der Waals surface area contributed by atoms with Crippen molar-refractivity contribution in [1.82, 2.24) is 0 Å². The number of anilines is 1. The van der Waals surface area contributed by atoms with E-state index in [1.165, 1.54) is 5.56 Å². The monoisotopic (exact) mass is 295 g/mol. The number of ether oxygens (including phenoxy) is 1. The Balaban J connectivity index is 1.79. The molecule has 0 aliphatic carbocycles. The Labute approximate surface area is 123 Å². The lowest BCUT2D eigenvalue weighted by atomic mass is 10.2. The van der Waals surface area contributed by atoms with Crippen molar-refractivity contribution in [2.24, 2.45) is 0 Å². The molecule has 0 saturated carbocycles. The van der Waals surface area contributed by atoms with Gasteiger partial charge in [0.05, 0.1) is 10.0 Å². The van der Waals surface area contributed by atoms with Crippen LogP contribution in [0.25, 0.3) is 0 Å². The summed E-state index contributed by atoms with van der Waals surface area (Å²) in [6.07, 6.45) is 0. The second-order valence-corrected chi connectivity index (χ2v) is 5.04. The molecule has 2 rings (SSSR count). The summed E-state index contributed by atoms with van der Waals surface area (Å²) in [6.45, 7) is 3.33. The Morgan fingerprint density at radius 2 is 1.89 bits per heavy atom. The van der Waals surface area contributed by atoms with Crippen molar-refractivity contribution in [3.63, 3.8) is 0 Å². The maximum Gasteiger partial charge on any atom is 0.119 e. The molecule has 2 aromatic carbocycles. The van der Waals surface area contributed by atoms with E-state index in [1.54, 1.807) is 12.1 Å². The standard InChI is InChI=1S/C15H15Cl2NO/c1-11-3-2-4-13(9-11)19-8-7-18-12-5-6-14(16)15(17)10-12/h2-6,9-10,18H,7-8H2,1H3. The molecular weight excluding hydrogens is 281 g/mol. The van der Waals surface area contributed by atoms with Crippen LogP contribution in [0.4, 0.5) is 5.69 Å². The average Bonchev–Trinajstić information content (AvgIpc) is 2.39. The van der Waals surface area contributed by atoms with Gasteiger partial charge in [0.15, 0.2) is 0 Å². The number of hydrogen-bond acceptors (Lipinski definition) is 2. The molecule has 4 heteroatoms. The number of aryl methyl sites for hydroxylation is 1. The Morgan fingerprint density at radius 1 is 1.05 bits per heavy atom. The van der Waals surface area contributed by atoms with Gasteiger partial charge < -0.3 is 10.1 Å². The highest BCUT2D eigenvalue weighted by atomic mass is 35.5. The molecule has 0 atom stereocenters. The molecule has 0 aliphatic heterocycles. The van der Waals surface area contributed by atoms with Crippen molar-refractivity contribution in [2.75, 3.05) is 18.5 Å². The maximum absolute atomic E-state index is 5.94. The van der Waals surface area contributed by atoms with Gasteiger partial charge in [-0.2, -0.15) is 0 Å². The minimum absolute atomic E-state index is 0.547. The van der Waals surface area contributed by atoms with Crippen molar-refractivity contribution in [1.29, 1.82) is 0 Å². The Hall–Kier alpha value is -1.38. The molecule has 0 unspecified atom stereocenters. The zero-order valence-electron chi connectivity index (χ0n) is 10.6. The van der Waals surface area contributed by atoms with E-state index >= 15 is 0 Å². The van der Waals surface area contributed by atoms with E-state index in [2.05, 4.69) is 5.32 Å². The maximum atomic E-state index is 5.94. The van der Waals surface area contributed by atoms with E-state index in [0.29, 0.717) is 23.2 Å². The zero-order chi connectivity index (χ0) is 13.7. The van der Waals surface area contributed by atoms with Crippen LogP contribution in [0.1, 0.15) is 5.56 Å². The van der Waals surface area contributed by atoms with Gasteiger partial charge in [0.25, 0.3) is 0 Å². The van der Waals surface area contributed by atoms with Crippen molar-refractivity contribution < 1.29 is 4.74 Å². The van der Waals surface area contributed by atoms with Crippen LogP contribution in [-0.2, 0) is 0 Å². The van der Waals surface area contributed by atoms with E-state index in [4.69, 9.17) is 27.9 Å². The van der Waals surface area contributed by atoms with Crippen LogP contribution >= 0.6 is 23.2 Å². The Bertz CT molecular complexity index is 558. The Kier molecular flexibility index (Phi) is 4.94. The van der Waals surface area contributed by atoms with E-state index in [1.807, 2.05) is 37.3 Å². The largest absolute Gasteiger partial charge is 0.492 e. The van der Waals surface area contributed by atoms with Crippen LogP contribution < -0.4 is 10.1 Å². The van der Waals surface area contributed by atoms with Crippen LogP contribution in [0.3, 0.4) is 0 Å². The number of rotatable bonds is 5. The molecule has 0 aliphatic rings. The number of nitrogens with one attached hydrogen (secondary N) is 1. The summed E-state index contributed by atoms with van der Waals surface area (Å²) in [4.78, 5) is 0. The highest BCUT2D eigenvalue weighted by Crippen LogP contribution is 2.24. The van der Waals surface area contributed by atoms with E-state index in [-0.39, 0.29) is 0 Å². The summed E-state index contributed by atoms with van der Waals surface area (Å²) in [5, 5.41) is 4.34. The van der Waals surface area contributed by atoms with Crippen LogP contribution in [0.15, 0.2) is 42.5 Å². The van der Waals surface area contributed by atoms with Gasteiger partial charge >= 0.3 is 0 Å². The van der Waals surface area contributed by atoms with Crippen molar-refractivity contribution >= 4 is 28.9 Å². The third-order valence-electron chi connectivity index (χ3n) is 2.61. The molecule has 0 radical (unpaired) electrons. The first-order valence-corrected chi connectivity index (χ1v) is 6.79. The van der Waals surface area contributed by atoms with Gasteiger partial charge in [-0.25, -0.2) is 0 Å². The van der Waals surface area contributed by atoms with Crippen molar-refractivity contribution in [3.05, 3.63) is 58.1 Å². The fourth-order valence-corrected chi connectivity index (χ4v) is 1.97. The lowest BCUT2D eigenvalue weighted by molar-refractivity contribution is 0.332. The lowest BCUT2D eigenvalue weighted by Crippen LogP contribution is -2.11. The highest BCUT2D eigenvalue weighted by Gasteiger charge is 1.99. The molecule has 2 aromatic rings. The minimum Gasteiger partial charge on any atom is -0.492 e. The van der Waals surface area contributed by atoms with Gasteiger partial charge in [-0.05, 0) is 42.8 Å². The van der Waals surface area contributed by atoms with Gasteiger partial charge in [-0.3, -0.25) is 0 Å². The summed E-state index contributed by atoms with van der Waals surface area (Å²) in [7, 11) is 0. The van der Waals surface area contributed by atoms with Crippen LogP contribution in [0.5, 0.6) is 5.75 Å². The third kappa shape index (κ3) is 4.34. The highest BCUT2D eigenvalue weighted by molar-refractivity contribution is 6.42. The van der Waals surface area contributed by atoms with Crippen LogP contribution in [0, 0.1) is 6.92 Å². The van der Waals surface area contributed by atoms with Crippen LogP contribution in [-0.4, -0.2) is 13.2 Å². The molecule has 0 spiro atoms. The van der Waals surface area contributed by atoms with Gasteiger partial charge in [0.1, 0.15) is 12.4 Å². The van der Waals surface area contributed by atoms with Gasteiger partial charge in [0.2, 0.25) is 0 Å². The molecule has 1 N–H and O–H groups in total. The normalized spacial score (nSPS) is 10.3. The fraction of sp³-hybridized carbons (Fsp3) is 0.200. The van der Waals surface area contributed by atoms with Crippen molar-refractivity contribution in [2.45, 2.75) is 6.92 Å². The average molecular weight is 296 g/mol. The molecule has 0 amide bonds. The molecule has 2 nitrogen and oxygen atoms in total. The predicted octanol–water partition coefficient (Wildman–Crippen LogP) is 4.79. The van der Waals surface area contributed by atoms with Gasteiger partial charge in [0, 0.05) is 12.2 Å². The SMILES string of the molecule is Cc1cccc(OCCNc2ccc(Cl)c(Cl)c2)c1. The lowest BCUT2D eigenvalue weighted by Gasteiger charge is -2.09. The van der Waals surface area contributed by atoms with E-state index in [0.717, 1.165) is 11.4 Å². The first-order valence-electron chi connectivity index (χ1n) is 6.03. The topological polar surface area (TPSA) is 21.3 Å². The first-order chi connectivity index (χ1) is 9.15. The third-order valence-corrected chi connectivity index (χ3v) is 3.35. The summed E-state index contributed by atoms with van der Waals surface area (Å²) >= 11 is 11.8. The Morgan fingerprint density at radius 3 is 2.63 bits per heavy atom. The summed E-state index contributed by atoms with van der Waals surface area (Å²) in [6, 6.07) is 13.5. The molecule has 0 saturated heterocycles. The molecule has 0 heterocycles. The van der Waals surface area contributed by atoms with E-state index in [9.17, 15) is 0 Å². The smallest absolute Gasteiger partial charge is 0.119 e. The van der Waals surface area contributed by atoms with Crippen LogP contribution in [0.2, 0.25) is 10.0 Å². The number of benzene rings is 2. The fourth-order valence-electron chi connectivity index (χ4n) is 1.68. The summed E-state index contributed by atoms with van der Waals surface area (Å²) in [5.41, 5.74) is 2.12. The van der Waals surface area contributed by atoms with Gasteiger partial charge in [-0.1, -0.05) is 35.3 Å².